The Hall–Kier alpha value is -1.11. The van der Waals surface area contributed by atoms with Crippen LogP contribution in [0.3, 0.4) is 0 Å². The van der Waals surface area contributed by atoms with Crippen LogP contribution >= 0.6 is 27.5 Å². The summed E-state index contributed by atoms with van der Waals surface area (Å²) in [5, 5.41) is 8.82. The smallest absolute Gasteiger partial charge is 0.133 e. The lowest BCUT2D eigenvalue weighted by atomic mass is 10.1. The zero-order chi connectivity index (χ0) is 15.2. The standard InChI is InChI=1S/C14H18BrClN4O/c1-2-3-12(17)13-9-20(19-18-13)6-7-21-14-5-4-10(16)8-11(14)15/h4-5,8-9,12H,2-3,6-7,17H2,1H3. The zero-order valence-corrected chi connectivity index (χ0v) is 14.1. The summed E-state index contributed by atoms with van der Waals surface area (Å²) in [7, 11) is 0. The highest BCUT2D eigenvalue weighted by Gasteiger charge is 2.09. The lowest BCUT2D eigenvalue weighted by molar-refractivity contribution is 0.288. The minimum Gasteiger partial charge on any atom is -0.490 e. The highest BCUT2D eigenvalue weighted by molar-refractivity contribution is 9.10. The molecule has 0 aliphatic heterocycles. The average Bonchev–Trinajstić information content (AvgIpc) is 2.90. The highest BCUT2D eigenvalue weighted by atomic mass is 79.9. The first-order chi connectivity index (χ1) is 10.1. The van der Waals surface area contributed by atoms with Gasteiger partial charge in [0, 0.05) is 5.02 Å². The maximum Gasteiger partial charge on any atom is 0.133 e. The number of halogens is 2. The van der Waals surface area contributed by atoms with Gasteiger partial charge >= 0.3 is 0 Å². The van der Waals surface area contributed by atoms with Gasteiger partial charge in [0.2, 0.25) is 0 Å². The van der Waals surface area contributed by atoms with E-state index in [4.69, 9.17) is 22.1 Å². The Kier molecular flexibility index (Phi) is 6.02. The molecule has 2 aromatic rings. The van der Waals surface area contributed by atoms with E-state index in [0.29, 0.717) is 18.2 Å². The molecule has 21 heavy (non-hydrogen) atoms. The van der Waals surface area contributed by atoms with Crippen LogP contribution in [-0.2, 0) is 6.54 Å². The van der Waals surface area contributed by atoms with Gasteiger partial charge in [0.25, 0.3) is 0 Å². The van der Waals surface area contributed by atoms with Gasteiger partial charge in [0.1, 0.15) is 12.4 Å². The van der Waals surface area contributed by atoms with E-state index < -0.39 is 0 Å². The maximum atomic E-state index is 6.01. The van der Waals surface area contributed by atoms with E-state index in [1.54, 1.807) is 16.8 Å². The monoisotopic (exact) mass is 372 g/mol. The summed E-state index contributed by atoms with van der Waals surface area (Å²) in [6, 6.07) is 5.37. The molecule has 1 aromatic heterocycles. The second-order valence-corrected chi connectivity index (χ2v) is 6.02. The van der Waals surface area contributed by atoms with Gasteiger partial charge in [-0.15, -0.1) is 5.10 Å². The second kappa shape index (κ2) is 7.77. The molecule has 2 rings (SSSR count). The van der Waals surface area contributed by atoms with E-state index in [1.165, 1.54) is 0 Å². The summed E-state index contributed by atoms with van der Waals surface area (Å²) < 4.78 is 8.26. The Labute approximate surface area is 137 Å². The van der Waals surface area contributed by atoms with Gasteiger partial charge in [-0.1, -0.05) is 30.2 Å². The van der Waals surface area contributed by atoms with Gasteiger partial charge in [-0.25, -0.2) is 4.68 Å². The summed E-state index contributed by atoms with van der Waals surface area (Å²) in [4.78, 5) is 0. The van der Waals surface area contributed by atoms with Crippen molar-refractivity contribution < 1.29 is 4.74 Å². The molecule has 0 spiro atoms. The van der Waals surface area contributed by atoms with Crippen molar-refractivity contribution in [1.82, 2.24) is 15.0 Å². The van der Waals surface area contributed by atoms with Crippen molar-refractivity contribution in [1.29, 1.82) is 0 Å². The van der Waals surface area contributed by atoms with Crippen LogP contribution in [0.25, 0.3) is 0 Å². The molecule has 1 aromatic carbocycles. The molecule has 0 amide bonds. The summed E-state index contributed by atoms with van der Waals surface area (Å²) in [5.74, 6) is 0.752. The maximum absolute atomic E-state index is 6.01. The Morgan fingerprint density at radius 2 is 2.29 bits per heavy atom. The third-order valence-electron chi connectivity index (χ3n) is 3.01. The lowest BCUT2D eigenvalue weighted by Crippen LogP contribution is -2.10. The normalized spacial score (nSPS) is 12.4. The Balaban J connectivity index is 1.86. The van der Waals surface area contributed by atoms with Gasteiger partial charge < -0.3 is 10.5 Å². The highest BCUT2D eigenvalue weighted by Crippen LogP contribution is 2.27. The van der Waals surface area contributed by atoms with Crippen LogP contribution in [0.4, 0.5) is 0 Å². The van der Waals surface area contributed by atoms with Crippen LogP contribution in [-0.4, -0.2) is 21.6 Å². The molecule has 1 unspecified atom stereocenters. The van der Waals surface area contributed by atoms with Gasteiger partial charge in [-0.3, -0.25) is 0 Å². The molecule has 0 aliphatic rings. The van der Waals surface area contributed by atoms with Crippen molar-refractivity contribution in [2.75, 3.05) is 6.61 Å². The summed E-state index contributed by atoms with van der Waals surface area (Å²) in [6.45, 7) is 3.20. The number of ether oxygens (including phenoxy) is 1. The first-order valence-corrected chi connectivity index (χ1v) is 8.00. The van der Waals surface area contributed by atoms with E-state index >= 15 is 0 Å². The largest absolute Gasteiger partial charge is 0.490 e. The summed E-state index contributed by atoms with van der Waals surface area (Å²) in [5.41, 5.74) is 6.83. The van der Waals surface area contributed by atoms with Gasteiger partial charge in [0.05, 0.1) is 29.0 Å². The first kappa shape index (κ1) is 16.3. The Morgan fingerprint density at radius 1 is 1.48 bits per heavy atom. The molecule has 1 heterocycles. The minimum atomic E-state index is -0.0462. The van der Waals surface area contributed by atoms with E-state index in [-0.39, 0.29) is 6.04 Å². The fourth-order valence-electron chi connectivity index (χ4n) is 1.89. The number of aromatic nitrogens is 3. The van der Waals surface area contributed by atoms with E-state index in [9.17, 15) is 0 Å². The quantitative estimate of drug-likeness (QED) is 0.805. The van der Waals surface area contributed by atoms with Crippen molar-refractivity contribution in [2.24, 2.45) is 5.73 Å². The van der Waals surface area contributed by atoms with Crippen molar-refractivity contribution >= 4 is 27.5 Å². The number of rotatable bonds is 7. The molecular formula is C14H18BrClN4O. The fourth-order valence-corrected chi connectivity index (χ4v) is 2.69. The molecule has 0 radical (unpaired) electrons. The molecule has 5 nitrogen and oxygen atoms in total. The number of nitrogens with two attached hydrogens (primary N) is 1. The van der Waals surface area contributed by atoms with Crippen LogP contribution in [0.5, 0.6) is 5.75 Å². The molecule has 0 saturated heterocycles. The molecule has 0 saturated carbocycles. The zero-order valence-electron chi connectivity index (χ0n) is 11.8. The molecule has 114 valence electrons. The number of hydrogen-bond acceptors (Lipinski definition) is 4. The first-order valence-electron chi connectivity index (χ1n) is 6.83. The van der Waals surface area contributed by atoms with E-state index in [0.717, 1.165) is 28.8 Å². The fraction of sp³-hybridized carbons (Fsp3) is 0.429. The lowest BCUT2D eigenvalue weighted by Gasteiger charge is -2.08. The van der Waals surface area contributed by atoms with Crippen molar-refractivity contribution in [2.45, 2.75) is 32.4 Å². The third-order valence-corrected chi connectivity index (χ3v) is 3.86. The SMILES string of the molecule is CCCC(N)c1cn(CCOc2ccc(Cl)cc2Br)nn1. The van der Waals surface area contributed by atoms with Gasteiger partial charge in [-0.2, -0.15) is 0 Å². The predicted octanol–water partition coefficient (Wildman–Crippen LogP) is 3.57. The summed E-state index contributed by atoms with van der Waals surface area (Å²) in [6.07, 6.45) is 3.81. The van der Waals surface area contributed by atoms with Gasteiger partial charge in [0.15, 0.2) is 0 Å². The molecule has 0 fully saturated rings. The number of benzene rings is 1. The Bertz CT molecular complexity index is 590. The van der Waals surface area contributed by atoms with Crippen LogP contribution < -0.4 is 10.5 Å². The second-order valence-electron chi connectivity index (χ2n) is 4.72. The molecule has 0 bridgehead atoms. The van der Waals surface area contributed by atoms with Crippen molar-refractivity contribution in [3.63, 3.8) is 0 Å². The van der Waals surface area contributed by atoms with E-state index in [1.807, 2.05) is 12.3 Å². The van der Waals surface area contributed by atoms with E-state index in [2.05, 4.69) is 33.2 Å². The van der Waals surface area contributed by atoms with Crippen LogP contribution in [0.1, 0.15) is 31.5 Å². The molecular weight excluding hydrogens is 356 g/mol. The predicted molar refractivity (Wildman–Crippen MR) is 86.5 cm³/mol. The van der Waals surface area contributed by atoms with Crippen LogP contribution in [0.15, 0.2) is 28.9 Å². The van der Waals surface area contributed by atoms with Crippen molar-refractivity contribution in [3.05, 3.63) is 39.6 Å². The number of nitrogens with zero attached hydrogens (tertiary/aromatic N) is 3. The minimum absolute atomic E-state index is 0.0462. The third kappa shape index (κ3) is 4.69. The summed E-state index contributed by atoms with van der Waals surface area (Å²) >= 11 is 9.30. The number of hydrogen-bond donors (Lipinski definition) is 1. The molecule has 0 aliphatic carbocycles. The molecule has 7 heteroatoms. The van der Waals surface area contributed by atoms with Gasteiger partial charge in [-0.05, 0) is 40.5 Å². The molecule has 1 atom stereocenters. The van der Waals surface area contributed by atoms with Crippen LogP contribution in [0, 0.1) is 0 Å². The molecule has 2 N–H and O–H groups in total. The van der Waals surface area contributed by atoms with Crippen LogP contribution in [0.2, 0.25) is 5.02 Å². The topological polar surface area (TPSA) is 66.0 Å². The Morgan fingerprint density at radius 3 is 3.00 bits per heavy atom. The van der Waals surface area contributed by atoms with Crippen molar-refractivity contribution in [3.8, 4) is 5.75 Å². The average molecular weight is 374 g/mol.